The van der Waals surface area contributed by atoms with E-state index in [-0.39, 0.29) is 5.91 Å². The molecule has 23 heavy (non-hydrogen) atoms. The summed E-state index contributed by atoms with van der Waals surface area (Å²) in [4.78, 5) is 18.6. The molecular formula is C18H21N3O2. The molecule has 5 nitrogen and oxygen atoms in total. The molecule has 1 fully saturated rings. The van der Waals surface area contributed by atoms with Gasteiger partial charge in [-0.15, -0.1) is 0 Å². The van der Waals surface area contributed by atoms with E-state index in [1.165, 1.54) is 0 Å². The van der Waals surface area contributed by atoms with Crippen LogP contribution in [0.3, 0.4) is 0 Å². The molecule has 120 valence electrons. The van der Waals surface area contributed by atoms with Crippen molar-refractivity contribution in [2.75, 3.05) is 19.6 Å². The van der Waals surface area contributed by atoms with Gasteiger partial charge in [0.25, 0.3) is 5.91 Å². The molecule has 0 aliphatic carbocycles. The van der Waals surface area contributed by atoms with Gasteiger partial charge in [0.1, 0.15) is 12.4 Å². The standard InChI is InChI=1S/C18H21N3O2/c1-14-12-21(9-8-20-14)18(22)16-5-2-6-17(10-16)23-13-15-4-3-7-19-11-15/h2-7,10-11,14,20H,8-9,12-13H2,1H3/t14-/m0/s1. The van der Waals surface area contributed by atoms with Crippen LogP contribution in [0.25, 0.3) is 0 Å². The maximum atomic E-state index is 12.6. The summed E-state index contributed by atoms with van der Waals surface area (Å²) in [7, 11) is 0. The van der Waals surface area contributed by atoms with Crippen LogP contribution in [0.15, 0.2) is 48.8 Å². The lowest BCUT2D eigenvalue weighted by atomic mass is 10.1. The molecule has 1 saturated heterocycles. The van der Waals surface area contributed by atoms with Crippen molar-refractivity contribution in [3.05, 3.63) is 59.9 Å². The topological polar surface area (TPSA) is 54.5 Å². The number of nitrogens with one attached hydrogen (secondary N) is 1. The second-order valence-electron chi connectivity index (χ2n) is 5.78. The van der Waals surface area contributed by atoms with Crippen molar-refractivity contribution < 1.29 is 9.53 Å². The first kappa shape index (κ1) is 15.5. The van der Waals surface area contributed by atoms with Crippen LogP contribution in [-0.4, -0.2) is 41.5 Å². The number of aromatic nitrogens is 1. The Morgan fingerprint density at radius 2 is 2.30 bits per heavy atom. The Hall–Kier alpha value is -2.40. The number of ether oxygens (including phenoxy) is 1. The van der Waals surface area contributed by atoms with Gasteiger partial charge in [-0.05, 0) is 31.2 Å². The molecule has 1 amide bonds. The van der Waals surface area contributed by atoms with Gasteiger partial charge in [-0.3, -0.25) is 9.78 Å². The summed E-state index contributed by atoms with van der Waals surface area (Å²) in [6.07, 6.45) is 3.51. The molecule has 1 aliphatic heterocycles. The fourth-order valence-electron chi connectivity index (χ4n) is 2.67. The predicted molar refractivity (Wildman–Crippen MR) is 88.4 cm³/mol. The number of nitrogens with zero attached hydrogens (tertiary/aromatic N) is 2. The van der Waals surface area contributed by atoms with Gasteiger partial charge in [-0.1, -0.05) is 12.1 Å². The Labute approximate surface area is 136 Å². The number of hydrogen-bond acceptors (Lipinski definition) is 4. The fourth-order valence-corrected chi connectivity index (χ4v) is 2.67. The van der Waals surface area contributed by atoms with Crippen molar-refractivity contribution in [1.82, 2.24) is 15.2 Å². The van der Waals surface area contributed by atoms with Crippen LogP contribution in [0.2, 0.25) is 0 Å². The van der Waals surface area contributed by atoms with Crippen LogP contribution in [0, 0.1) is 0 Å². The van der Waals surface area contributed by atoms with Crippen LogP contribution in [0.1, 0.15) is 22.8 Å². The molecule has 2 aromatic rings. The highest BCUT2D eigenvalue weighted by atomic mass is 16.5. The van der Waals surface area contributed by atoms with Gasteiger partial charge in [0.05, 0.1) is 0 Å². The Morgan fingerprint density at radius 3 is 3.09 bits per heavy atom. The zero-order valence-electron chi connectivity index (χ0n) is 13.2. The van der Waals surface area contributed by atoms with E-state index in [0.717, 1.165) is 25.2 Å². The maximum Gasteiger partial charge on any atom is 0.254 e. The van der Waals surface area contributed by atoms with Crippen LogP contribution in [-0.2, 0) is 6.61 Å². The summed E-state index contributed by atoms with van der Waals surface area (Å²) in [5, 5.41) is 3.34. The second kappa shape index (κ2) is 7.24. The number of carbonyl (C=O) groups excluding carboxylic acids is 1. The Kier molecular flexibility index (Phi) is 4.88. The van der Waals surface area contributed by atoms with Crippen molar-refractivity contribution in [2.24, 2.45) is 0 Å². The zero-order valence-corrected chi connectivity index (χ0v) is 13.2. The highest BCUT2D eigenvalue weighted by Crippen LogP contribution is 2.17. The maximum absolute atomic E-state index is 12.6. The van der Waals surface area contributed by atoms with Crippen LogP contribution in [0.5, 0.6) is 5.75 Å². The van der Waals surface area contributed by atoms with Crippen molar-refractivity contribution in [3.8, 4) is 5.75 Å². The average Bonchev–Trinajstić information content (AvgIpc) is 2.60. The lowest BCUT2D eigenvalue weighted by Crippen LogP contribution is -2.51. The molecule has 1 aliphatic rings. The van der Waals surface area contributed by atoms with Crippen LogP contribution < -0.4 is 10.1 Å². The van der Waals surface area contributed by atoms with E-state index < -0.39 is 0 Å². The number of amides is 1. The number of pyridine rings is 1. The third kappa shape index (κ3) is 4.07. The van der Waals surface area contributed by atoms with E-state index in [4.69, 9.17) is 4.74 Å². The van der Waals surface area contributed by atoms with E-state index in [0.29, 0.717) is 24.0 Å². The third-order valence-corrected chi connectivity index (χ3v) is 3.87. The van der Waals surface area contributed by atoms with Crippen molar-refractivity contribution >= 4 is 5.91 Å². The fraction of sp³-hybridized carbons (Fsp3) is 0.333. The molecule has 0 saturated carbocycles. The molecule has 0 unspecified atom stereocenters. The van der Waals surface area contributed by atoms with E-state index in [1.807, 2.05) is 41.3 Å². The molecule has 2 heterocycles. The predicted octanol–water partition coefficient (Wildman–Crippen LogP) is 2.09. The zero-order chi connectivity index (χ0) is 16.1. The minimum absolute atomic E-state index is 0.0603. The summed E-state index contributed by atoms with van der Waals surface area (Å²) in [5.41, 5.74) is 1.67. The average molecular weight is 311 g/mol. The smallest absolute Gasteiger partial charge is 0.254 e. The van der Waals surface area contributed by atoms with Gasteiger partial charge in [0, 0.05) is 49.2 Å². The van der Waals surface area contributed by atoms with Gasteiger partial charge in [-0.2, -0.15) is 0 Å². The van der Waals surface area contributed by atoms with Gasteiger partial charge in [-0.25, -0.2) is 0 Å². The summed E-state index contributed by atoms with van der Waals surface area (Å²) < 4.78 is 5.77. The number of hydrogen-bond donors (Lipinski definition) is 1. The molecular weight excluding hydrogens is 290 g/mol. The molecule has 0 radical (unpaired) electrons. The quantitative estimate of drug-likeness (QED) is 0.939. The highest BCUT2D eigenvalue weighted by molar-refractivity contribution is 5.94. The van der Waals surface area contributed by atoms with Crippen LogP contribution in [0.4, 0.5) is 0 Å². The van der Waals surface area contributed by atoms with E-state index in [1.54, 1.807) is 12.4 Å². The van der Waals surface area contributed by atoms with Gasteiger partial charge >= 0.3 is 0 Å². The molecule has 1 aromatic carbocycles. The number of piperazine rings is 1. The summed E-state index contributed by atoms with van der Waals surface area (Å²) in [6, 6.07) is 11.6. The lowest BCUT2D eigenvalue weighted by Gasteiger charge is -2.32. The molecule has 3 rings (SSSR count). The van der Waals surface area contributed by atoms with Crippen molar-refractivity contribution in [2.45, 2.75) is 19.6 Å². The van der Waals surface area contributed by atoms with Gasteiger partial charge in [0.15, 0.2) is 0 Å². The first-order valence-corrected chi connectivity index (χ1v) is 7.87. The van der Waals surface area contributed by atoms with Crippen molar-refractivity contribution in [3.63, 3.8) is 0 Å². The summed E-state index contributed by atoms with van der Waals surface area (Å²) in [5.74, 6) is 0.757. The largest absolute Gasteiger partial charge is 0.489 e. The Balaban J connectivity index is 1.66. The molecule has 0 bridgehead atoms. The number of carbonyl (C=O) groups is 1. The monoisotopic (exact) mass is 311 g/mol. The normalized spacial score (nSPS) is 17.8. The molecule has 0 spiro atoms. The minimum atomic E-state index is 0.0603. The Morgan fingerprint density at radius 1 is 1.39 bits per heavy atom. The summed E-state index contributed by atoms with van der Waals surface area (Å²) in [6.45, 7) is 4.84. The van der Waals surface area contributed by atoms with Gasteiger partial charge in [0.2, 0.25) is 0 Å². The van der Waals surface area contributed by atoms with E-state index >= 15 is 0 Å². The molecule has 5 heteroatoms. The molecule has 1 N–H and O–H groups in total. The van der Waals surface area contributed by atoms with E-state index in [9.17, 15) is 4.79 Å². The highest BCUT2D eigenvalue weighted by Gasteiger charge is 2.21. The number of benzene rings is 1. The third-order valence-electron chi connectivity index (χ3n) is 3.87. The lowest BCUT2D eigenvalue weighted by molar-refractivity contribution is 0.0708. The summed E-state index contributed by atoms with van der Waals surface area (Å²) >= 11 is 0. The van der Waals surface area contributed by atoms with E-state index in [2.05, 4.69) is 17.2 Å². The number of rotatable bonds is 4. The molecule has 1 atom stereocenters. The first-order valence-electron chi connectivity index (χ1n) is 7.87. The Bertz CT molecular complexity index is 660. The minimum Gasteiger partial charge on any atom is -0.489 e. The second-order valence-corrected chi connectivity index (χ2v) is 5.78. The van der Waals surface area contributed by atoms with Crippen LogP contribution >= 0.6 is 0 Å². The first-order chi connectivity index (χ1) is 11.2. The van der Waals surface area contributed by atoms with Gasteiger partial charge < -0.3 is 15.0 Å². The SMILES string of the molecule is C[C@H]1CN(C(=O)c2cccc(OCc3cccnc3)c2)CCN1. The molecule has 1 aromatic heterocycles. The van der Waals surface area contributed by atoms with Crippen molar-refractivity contribution in [1.29, 1.82) is 0 Å².